The monoisotopic (exact) mass is 1200 g/mol. The fraction of sp³-hybridized carbons (Fsp3) is 0.559. The van der Waals surface area contributed by atoms with Gasteiger partial charge in [-0.3, -0.25) is 38.2 Å². The van der Waals surface area contributed by atoms with E-state index < -0.39 is 104 Å². The molecule has 2 fully saturated rings. The third-order valence-corrected chi connectivity index (χ3v) is 16.1. The molecule has 0 saturated carbocycles. The van der Waals surface area contributed by atoms with Crippen molar-refractivity contribution in [1.29, 1.82) is 0 Å². The van der Waals surface area contributed by atoms with Crippen molar-refractivity contribution >= 4 is 32.1 Å². The van der Waals surface area contributed by atoms with Crippen LogP contribution in [0.25, 0.3) is 0 Å². The number of methoxy groups -OCH3 is 2. The highest BCUT2D eigenvalue weighted by atomic mass is 31.2. The van der Waals surface area contributed by atoms with Gasteiger partial charge >= 0.3 is 23.6 Å². The predicted molar refractivity (Wildman–Crippen MR) is 304 cm³/mol. The van der Waals surface area contributed by atoms with Gasteiger partial charge in [-0.05, 0) is 75.6 Å². The number of ether oxygens (including phenoxy) is 12. The lowest BCUT2D eigenvalue weighted by atomic mass is 9.80. The molecule has 25 heteroatoms. The lowest BCUT2D eigenvalue weighted by Gasteiger charge is -2.44. The summed E-state index contributed by atoms with van der Waals surface area (Å²) in [7, 11) is 1.54. The number of hydrogen-bond acceptors (Lipinski definition) is 20. The van der Waals surface area contributed by atoms with Crippen LogP contribution in [-0.4, -0.2) is 179 Å². The summed E-state index contributed by atoms with van der Waals surface area (Å²) < 4.78 is 98.4. The molecule has 0 bridgehead atoms. The number of hydrogen-bond donors (Lipinski definition) is 2. The van der Waals surface area contributed by atoms with Crippen LogP contribution in [0.5, 0.6) is 11.5 Å². The first-order valence-electron chi connectivity index (χ1n) is 27.8. The van der Waals surface area contributed by atoms with Gasteiger partial charge < -0.3 is 66.7 Å². The molecule has 4 aromatic rings. The molecule has 3 aromatic carbocycles. The van der Waals surface area contributed by atoms with Gasteiger partial charge in [0.05, 0.1) is 67.1 Å². The summed E-state index contributed by atoms with van der Waals surface area (Å²) in [5, 5.41) is 2.65. The second-order valence-corrected chi connectivity index (χ2v) is 22.3. The van der Waals surface area contributed by atoms with Crippen LogP contribution >= 0.6 is 8.30 Å². The first kappa shape index (κ1) is 67.0. The van der Waals surface area contributed by atoms with Gasteiger partial charge in [0.25, 0.3) is 5.56 Å². The highest BCUT2D eigenvalue weighted by Crippen LogP contribution is 2.50. The van der Waals surface area contributed by atoms with Crippen LogP contribution in [-0.2, 0) is 76.7 Å². The Balaban J connectivity index is 1.12. The van der Waals surface area contributed by atoms with Crippen LogP contribution in [0.2, 0.25) is 0 Å². The Morgan fingerprint density at radius 1 is 0.690 bits per heavy atom. The van der Waals surface area contributed by atoms with Gasteiger partial charge in [0.15, 0.2) is 30.9 Å². The normalized spacial score (nSPS) is 22.0. The van der Waals surface area contributed by atoms with Gasteiger partial charge in [0, 0.05) is 57.7 Å². The number of carbonyl (C=O) groups excluding carboxylic acids is 4. The molecule has 0 spiro atoms. The van der Waals surface area contributed by atoms with Crippen molar-refractivity contribution in [2.45, 2.75) is 135 Å². The van der Waals surface area contributed by atoms with E-state index in [2.05, 4.69) is 15.0 Å². The number of amides is 1. The Kier molecular flexibility index (Phi) is 25.8. The molecule has 2 aliphatic heterocycles. The fourth-order valence-electron chi connectivity index (χ4n) is 10.1. The van der Waals surface area contributed by atoms with Crippen molar-refractivity contribution in [1.82, 2.24) is 19.5 Å². The highest BCUT2D eigenvalue weighted by Gasteiger charge is 2.53. The third kappa shape index (κ3) is 17.9. The number of carbonyl (C=O) groups is 4. The standard InChI is InChI=1S/C59H80FN4O19P/c1-36(2)64(37(3)4)84(32-31-75-28-27-73-25-26-74-29-30-76-57-51(61-39(6)65)54(80-42(9)68)53(79-41(8)67)48(82-57)34-77-40(7)66)83-52-49(81-56(50(52)60)63-33-38(5)55(69)62-58(63)70)35-78-59(43-15-13-12-14-16-43,44-17-21-46(71-10)22-18-44)45-19-23-47(72-11)24-20-45/h12-24,33,36-37,48-54,56-57H,25-32,34-35H2,1-11H3,(H,61,65)(H,62,69,70)/t48-,49-,50-,51-,52-,53+,54-,56-,57-,84?/m1/s1. The zero-order chi connectivity index (χ0) is 61.1. The van der Waals surface area contributed by atoms with Crippen molar-refractivity contribution < 1.29 is 84.9 Å². The molecule has 10 atom stereocenters. The third-order valence-electron chi connectivity index (χ3n) is 13.6. The average molecular weight is 1200 g/mol. The number of aromatic nitrogens is 2. The molecule has 462 valence electrons. The lowest BCUT2D eigenvalue weighted by Crippen LogP contribution is -2.66. The fourth-order valence-corrected chi connectivity index (χ4v) is 12.3. The average Bonchev–Trinajstić information content (AvgIpc) is 1.45. The number of H-pyrrole nitrogens is 1. The zero-order valence-electron chi connectivity index (χ0n) is 49.5. The molecular weight excluding hydrogens is 1120 g/mol. The van der Waals surface area contributed by atoms with Crippen LogP contribution < -0.4 is 26.0 Å². The summed E-state index contributed by atoms with van der Waals surface area (Å²) in [6.45, 7) is 14.8. The number of nitrogens with zero attached hydrogens (tertiary/aromatic N) is 2. The largest absolute Gasteiger partial charge is 0.497 e. The number of aryl methyl sites for hydroxylation is 1. The number of alkyl halides is 1. The summed E-state index contributed by atoms with van der Waals surface area (Å²) in [5.74, 6) is -1.34. The predicted octanol–water partition coefficient (Wildman–Crippen LogP) is 5.64. The molecule has 2 saturated heterocycles. The molecular formula is C59H80FN4O19P. The Morgan fingerprint density at radius 3 is 1.74 bits per heavy atom. The maximum Gasteiger partial charge on any atom is 0.330 e. The van der Waals surface area contributed by atoms with E-state index >= 15 is 4.39 Å². The molecule has 23 nitrogen and oxygen atoms in total. The molecule has 1 aromatic heterocycles. The van der Waals surface area contributed by atoms with E-state index in [1.165, 1.54) is 27.0 Å². The molecule has 0 radical (unpaired) electrons. The Labute approximate surface area is 489 Å². The lowest BCUT2D eigenvalue weighted by molar-refractivity contribution is -0.279. The van der Waals surface area contributed by atoms with Crippen molar-refractivity contribution in [3.63, 3.8) is 0 Å². The van der Waals surface area contributed by atoms with Crippen molar-refractivity contribution in [2.24, 2.45) is 0 Å². The molecule has 3 heterocycles. The first-order chi connectivity index (χ1) is 40.2. The minimum absolute atomic E-state index is 0.0495. The number of halogens is 1. The minimum atomic E-state index is -1.92. The molecule has 2 aliphatic rings. The van der Waals surface area contributed by atoms with Crippen molar-refractivity contribution in [3.05, 3.63) is 128 Å². The molecule has 6 rings (SSSR count). The van der Waals surface area contributed by atoms with E-state index in [1.54, 1.807) is 14.2 Å². The summed E-state index contributed by atoms with van der Waals surface area (Å²) in [6.07, 6.45) is -9.05. The second kappa shape index (κ2) is 32.4. The number of rotatable bonds is 32. The smallest absolute Gasteiger partial charge is 0.330 e. The van der Waals surface area contributed by atoms with Gasteiger partial charge in [-0.1, -0.05) is 54.6 Å². The van der Waals surface area contributed by atoms with Gasteiger partial charge in [-0.25, -0.2) is 9.18 Å². The van der Waals surface area contributed by atoms with Crippen LogP contribution in [0.15, 0.2) is 94.6 Å². The molecule has 2 N–H and O–H groups in total. The zero-order valence-corrected chi connectivity index (χ0v) is 50.4. The topological polar surface area (TPSA) is 258 Å². The van der Waals surface area contributed by atoms with Crippen LogP contribution in [0, 0.1) is 6.92 Å². The Hall–Kier alpha value is -6.18. The molecule has 84 heavy (non-hydrogen) atoms. The van der Waals surface area contributed by atoms with Gasteiger partial charge in [0.1, 0.15) is 56.4 Å². The van der Waals surface area contributed by atoms with E-state index in [4.69, 9.17) is 61.4 Å². The van der Waals surface area contributed by atoms with E-state index in [0.29, 0.717) is 17.7 Å². The number of aromatic amines is 1. The summed E-state index contributed by atoms with van der Waals surface area (Å²) >= 11 is 0. The number of esters is 3. The van der Waals surface area contributed by atoms with E-state index in [-0.39, 0.29) is 77.1 Å². The summed E-state index contributed by atoms with van der Waals surface area (Å²) in [6, 6.07) is 23.4. The highest BCUT2D eigenvalue weighted by molar-refractivity contribution is 7.50. The van der Waals surface area contributed by atoms with Crippen molar-refractivity contribution in [2.75, 3.05) is 79.8 Å². The van der Waals surface area contributed by atoms with Crippen LogP contribution in [0.4, 0.5) is 4.39 Å². The second-order valence-electron chi connectivity index (χ2n) is 20.4. The van der Waals surface area contributed by atoms with Crippen LogP contribution in [0.3, 0.4) is 0 Å². The minimum Gasteiger partial charge on any atom is -0.497 e. The first-order valence-corrected chi connectivity index (χ1v) is 29.2. The quantitative estimate of drug-likeness (QED) is 0.0197. The maximum atomic E-state index is 17.6. The summed E-state index contributed by atoms with van der Waals surface area (Å²) in [4.78, 5) is 76.5. The van der Waals surface area contributed by atoms with Crippen LogP contribution in [0.1, 0.15) is 83.9 Å². The maximum absolute atomic E-state index is 17.6. The summed E-state index contributed by atoms with van der Waals surface area (Å²) in [5.41, 5.74) is -0.342. The van der Waals surface area contributed by atoms with E-state index in [1.807, 2.05) is 107 Å². The SMILES string of the molecule is COc1ccc(C(OC[C@H]2O[C@@H](n3cc(C)c(=O)[nH]c3=O)[C@H](F)[C@@H]2OP(CCOCCOCCOCCO[C@@H]2O[C@H](COC(C)=O)[C@H](OC(C)=O)[C@H](OC(C)=O)[C@H]2NC(C)=O)N(C(C)C)C(C)C)(c2ccccc2)c2ccc(OC)cc2)cc1. The van der Waals surface area contributed by atoms with Gasteiger partial charge in [-0.2, -0.15) is 0 Å². The van der Waals surface area contributed by atoms with Gasteiger partial charge in [-0.15, -0.1) is 0 Å². The van der Waals surface area contributed by atoms with E-state index in [0.717, 1.165) is 35.1 Å². The number of benzene rings is 3. The molecule has 1 amide bonds. The van der Waals surface area contributed by atoms with Gasteiger partial charge in [0.2, 0.25) is 5.91 Å². The molecule has 0 aliphatic carbocycles. The Bertz CT molecular complexity index is 2790. The van der Waals surface area contributed by atoms with Crippen molar-refractivity contribution in [3.8, 4) is 11.5 Å². The Morgan fingerprint density at radius 2 is 1.21 bits per heavy atom. The van der Waals surface area contributed by atoms with E-state index in [9.17, 15) is 28.8 Å². The number of nitrogens with one attached hydrogen (secondary N) is 2. The molecule has 1 unspecified atom stereocenters.